The first-order valence-electron chi connectivity index (χ1n) is 12.9. The number of carbonyl (C=O) groups is 1. The predicted molar refractivity (Wildman–Crippen MR) is 153 cm³/mol. The van der Waals surface area contributed by atoms with Crippen molar-refractivity contribution in [1.29, 1.82) is 0 Å². The van der Waals surface area contributed by atoms with Crippen LogP contribution >= 0.6 is 0 Å². The summed E-state index contributed by atoms with van der Waals surface area (Å²) < 4.78 is 7.63. The third-order valence-electron chi connectivity index (χ3n) is 6.70. The second-order valence-corrected chi connectivity index (χ2v) is 9.34. The van der Waals surface area contributed by atoms with Crippen molar-refractivity contribution in [3.8, 4) is 11.3 Å². The van der Waals surface area contributed by atoms with Crippen molar-refractivity contribution in [3.05, 3.63) is 84.4 Å². The molecule has 39 heavy (non-hydrogen) atoms. The van der Waals surface area contributed by atoms with Gasteiger partial charge in [0.2, 0.25) is 0 Å². The van der Waals surface area contributed by atoms with Gasteiger partial charge in [-0.15, -0.1) is 0 Å². The van der Waals surface area contributed by atoms with Gasteiger partial charge < -0.3 is 20.1 Å². The average Bonchev–Trinajstić information content (AvgIpc) is 3.40. The zero-order valence-electron chi connectivity index (χ0n) is 21.3. The summed E-state index contributed by atoms with van der Waals surface area (Å²) in [6, 6.07) is 20.0. The van der Waals surface area contributed by atoms with E-state index in [1.165, 1.54) is 0 Å². The number of rotatable bonds is 8. The van der Waals surface area contributed by atoms with Crippen molar-refractivity contribution in [2.24, 2.45) is 0 Å². The summed E-state index contributed by atoms with van der Waals surface area (Å²) in [4.78, 5) is 27.6. The molecule has 0 saturated carbocycles. The van der Waals surface area contributed by atoms with Crippen molar-refractivity contribution in [1.82, 2.24) is 19.4 Å². The molecule has 0 bridgehead atoms. The van der Waals surface area contributed by atoms with E-state index in [0.717, 1.165) is 63.8 Å². The zero-order valence-corrected chi connectivity index (χ0v) is 21.3. The number of aliphatic carboxylic acids is 1. The highest BCUT2D eigenvalue weighted by atomic mass is 16.5. The monoisotopic (exact) mass is 520 g/mol. The number of hydrogen-bond donors (Lipinski definition) is 2. The predicted octanol–water partition coefficient (Wildman–Crippen LogP) is 4.84. The summed E-state index contributed by atoms with van der Waals surface area (Å²) in [5.41, 5.74) is 6.17. The number of anilines is 2. The Kier molecular flexibility index (Phi) is 6.88. The van der Waals surface area contributed by atoms with Crippen molar-refractivity contribution in [2.45, 2.75) is 6.42 Å². The molecule has 0 atom stereocenters. The summed E-state index contributed by atoms with van der Waals surface area (Å²) in [6.45, 7) is 3.22. The third kappa shape index (κ3) is 5.44. The van der Waals surface area contributed by atoms with Gasteiger partial charge >= 0.3 is 5.97 Å². The van der Waals surface area contributed by atoms with Gasteiger partial charge in [-0.05, 0) is 36.4 Å². The lowest BCUT2D eigenvalue weighted by Crippen LogP contribution is -2.37. The van der Waals surface area contributed by atoms with Crippen molar-refractivity contribution < 1.29 is 14.6 Å². The minimum Gasteiger partial charge on any atom is -0.481 e. The number of pyridine rings is 1. The zero-order chi connectivity index (χ0) is 26.6. The van der Waals surface area contributed by atoms with Crippen LogP contribution in [0.4, 0.5) is 11.5 Å². The Labute approximate surface area is 225 Å². The molecule has 0 unspecified atom stereocenters. The maximum Gasteiger partial charge on any atom is 0.305 e. The summed E-state index contributed by atoms with van der Waals surface area (Å²) >= 11 is 0. The maximum atomic E-state index is 10.8. The molecule has 0 radical (unpaired) electrons. The summed E-state index contributed by atoms with van der Waals surface area (Å²) in [5, 5.41) is 13.1. The van der Waals surface area contributed by atoms with Crippen LogP contribution in [-0.2, 0) is 9.53 Å². The number of carboxylic acids is 1. The first kappa shape index (κ1) is 24.6. The molecule has 0 amide bonds. The minimum atomic E-state index is -0.825. The molecule has 5 aromatic rings. The number of fused-ring (bicyclic) bond motifs is 2. The molecule has 1 saturated heterocycles. The Balaban J connectivity index is 1.34. The van der Waals surface area contributed by atoms with Crippen molar-refractivity contribution >= 4 is 46.2 Å². The van der Waals surface area contributed by atoms with Crippen LogP contribution in [-0.4, -0.2) is 63.3 Å². The van der Waals surface area contributed by atoms with E-state index >= 15 is 0 Å². The highest BCUT2D eigenvalue weighted by molar-refractivity contribution is 5.81. The number of benzene rings is 2. The molecule has 3 aromatic heterocycles. The van der Waals surface area contributed by atoms with E-state index in [2.05, 4.69) is 26.8 Å². The second-order valence-electron chi connectivity index (χ2n) is 9.34. The number of aromatic nitrogens is 4. The second kappa shape index (κ2) is 10.9. The third-order valence-corrected chi connectivity index (χ3v) is 6.70. The number of para-hydroxylation sites is 1. The minimum absolute atomic E-state index is 0.0648. The van der Waals surface area contributed by atoms with E-state index in [4.69, 9.17) is 24.8 Å². The number of carboxylic acid groups (broad SMARTS) is 1. The number of hydrogen-bond acceptors (Lipinski definition) is 7. The lowest BCUT2D eigenvalue weighted by Gasteiger charge is -2.28. The molecular formula is C30H28N6O3. The van der Waals surface area contributed by atoms with Crippen LogP contribution in [0.1, 0.15) is 17.8 Å². The fraction of sp³-hybridized carbons (Fsp3) is 0.200. The molecule has 9 heteroatoms. The van der Waals surface area contributed by atoms with Crippen LogP contribution in [0.2, 0.25) is 0 Å². The molecule has 6 rings (SSSR count). The van der Waals surface area contributed by atoms with Crippen molar-refractivity contribution in [3.63, 3.8) is 0 Å². The standard InChI is InChI=1S/C30H28N6O3/c37-28(38)13-14-31-23-8-6-22(7-9-23)27-19-32-29(35-15-17-39-18-16-35)30-34-25(20-36(27)30)12-11-24-10-5-21-3-1-2-4-26(21)33-24/h1-12,19-20,31H,13-18H2,(H,37,38)/b12-11+. The molecule has 196 valence electrons. The quantitative estimate of drug-likeness (QED) is 0.300. The lowest BCUT2D eigenvalue weighted by molar-refractivity contribution is -0.136. The van der Waals surface area contributed by atoms with Crippen LogP contribution in [0.25, 0.3) is 40.0 Å². The Morgan fingerprint density at radius 1 is 0.974 bits per heavy atom. The normalized spacial score (nSPS) is 13.9. The average molecular weight is 521 g/mol. The van der Waals surface area contributed by atoms with Gasteiger partial charge in [-0.3, -0.25) is 9.20 Å². The fourth-order valence-corrected chi connectivity index (χ4v) is 4.69. The molecule has 0 aliphatic carbocycles. The van der Waals surface area contributed by atoms with Crippen LogP contribution in [0, 0.1) is 0 Å². The Bertz CT molecular complexity index is 1660. The van der Waals surface area contributed by atoms with E-state index in [0.29, 0.717) is 19.8 Å². The molecule has 1 fully saturated rings. The molecule has 9 nitrogen and oxygen atoms in total. The van der Waals surface area contributed by atoms with E-state index < -0.39 is 5.97 Å². The summed E-state index contributed by atoms with van der Waals surface area (Å²) in [5.74, 6) is 0.00629. The van der Waals surface area contributed by atoms with Gasteiger partial charge in [-0.2, -0.15) is 0 Å². The van der Waals surface area contributed by atoms with Crippen LogP contribution in [0.5, 0.6) is 0 Å². The lowest BCUT2D eigenvalue weighted by atomic mass is 10.1. The topological polar surface area (TPSA) is 105 Å². The largest absolute Gasteiger partial charge is 0.481 e. The number of nitrogens with one attached hydrogen (secondary N) is 1. The van der Waals surface area contributed by atoms with E-state index in [1.54, 1.807) is 0 Å². The van der Waals surface area contributed by atoms with Crippen LogP contribution in [0.15, 0.2) is 73.1 Å². The van der Waals surface area contributed by atoms with Crippen LogP contribution in [0.3, 0.4) is 0 Å². The van der Waals surface area contributed by atoms with E-state index in [-0.39, 0.29) is 6.42 Å². The van der Waals surface area contributed by atoms with Gasteiger partial charge in [0.1, 0.15) is 0 Å². The number of imidazole rings is 1. The van der Waals surface area contributed by atoms with E-state index in [9.17, 15) is 4.79 Å². The summed E-state index contributed by atoms with van der Waals surface area (Å²) in [6.07, 6.45) is 7.92. The molecule has 2 aromatic carbocycles. The van der Waals surface area contributed by atoms with E-state index in [1.807, 2.05) is 73.1 Å². The first-order valence-corrected chi connectivity index (χ1v) is 12.9. The molecule has 1 aliphatic heterocycles. The highest BCUT2D eigenvalue weighted by Gasteiger charge is 2.19. The van der Waals surface area contributed by atoms with Gasteiger partial charge in [-0.1, -0.05) is 36.4 Å². The Morgan fingerprint density at radius 2 is 1.77 bits per heavy atom. The number of nitrogens with zero attached hydrogens (tertiary/aromatic N) is 5. The SMILES string of the molecule is O=C(O)CCNc1ccc(-c2cnc(N3CCOCC3)c3nc(/C=C/c4ccc5ccccc5n4)cn23)cc1. The number of ether oxygens (including phenoxy) is 1. The molecular weight excluding hydrogens is 492 g/mol. The van der Waals surface area contributed by atoms with Gasteiger partial charge in [0.05, 0.1) is 48.4 Å². The van der Waals surface area contributed by atoms with Gasteiger partial charge in [-0.25, -0.2) is 15.0 Å². The molecule has 1 aliphatic rings. The van der Waals surface area contributed by atoms with Crippen molar-refractivity contribution in [2.75, 3.05) is 43.1 Å². The smallest absolute Gasteiger partial charge is 0.305 e. The molecule has 2 N–H and O–H groups in total. The number of morpholine rings is 1. The highest BCUT2D eigenvalue weighted by Crippen LogP contribution is 2.28. The van der Waals surface area contributed by atoms with Gasteiger partial charge in [0, 0.05) is 42.5 Å². The fourth-order valence-electron chi connectivity index (χ4n) is 4.69. The molecule has 0 spiro atoms. The Morgan fingerprint density at radius 3 is 2.59 bits per heavy atom. The maximum absolute atomic E-state index is 10.8. The van der Waals surface area contributed by atoms with Gasteiger partial charge in [0.25, 0.3) is 0 Å². The van der Waals surface area contributed by atoms with Gasteiger partial charge in [0.15, 0.2) is 11.5 Å². The summed E-state index contributed by atoms with van der Waals surface area (Å²) in [7, 11) is 0. The molecule has 4 heterocycles. The van der Waals surface area contributed by atoms with Crippen LogP contribution < -0.4 is 10.2 Å². The first-order chi connectivity index (χ1) is 19.1. The Hall–Kier alpha value is -4.76.